The van der Waals surface area contributed by atoms with Crippen LogP contribution in [0.4, 0.5) is 0 Å². The topological polar surface area (TPSA) is 46.2 Å². The third-order valence-corrected chi connectivity index (χ3v) is 4.07. The van der Waals surface area contributed by atoms with Crippen molar-refractivity contribution >= 4 is 0 Å². The quantitative estimate of drug-likeness (QED) is 0.793. The van der Waals surface area contributed by atoms with Crippen molar-refractivity contribution in [3.05, 3.63) is 35.9 Å². The minimum atomic E-state index is -0.790. The summed E-state index contributed by atoms with van der Waals surface area (Å²) < 4.78 is 0. The fraction of sp³-hybridized carbons (Fsp3) is 0.538. The number of nitrogens with two attached hydrogens (primary N) is 1. The molecule has 0 bridgehead atoms. The summed E-state index contributed by atoms with van der Waals surface area (Å²) in [5.41, 5.74) is 5.92. The normalized spacial score (nSPS) is 22.9. The monoisotopic (exact) mass is 205 g/mol. The zero-order valence-electron chi connectivity index (χ0n) is 9.24. The van der Waals surface area contributed by atoms with Crippen molar-refractivity contribution in [2.75, 3.05) is 6.54 Å². The summed E-state index contributed by atoms with van der Waals surface area (Å²) in [6, 6.07) is 9.86. The molecule has 3 N–H and O–H groups in total. The summed E-state index contributed by atoms with van der Waals surface area (Å²) in [6.45, 7) is 2.46. The SMILES string of the molecule is CC(O)(c1ccccc1)C1(CN)CCC1. The highest BCUT2D eigenvalue weighted by Crippen LogP contribution is 2.52. The van der Waals surface area contributed by atoms with Crippen LogP contribution in [0.1, 0.15) is 31.7 Å². The predicted molar refractivity (Wildman–Crippen MR) is 61.4 cm³/mol. The molecule has 1 fully saturated rings. The van der Waals surface area contributed by atoms with Gasteiger partial charge in [-0.1, -0.05) is 36.8 Å². The van der Waals surface area contributed by atoms with Crippen LogP contribution in [0, 0.1) is 5.41 Å². The van der Waals surface area contributed by atoms with Crippen molar-refractivity contribution in [2.24, 2.45) is 11.1 Å². The number of aliphatic hydroxyl groups is 1. The van der Waals surface area contributed by atoms with E-state index < -0.39 is 5.60 Å². The predicted octanol–water partition coefficient (Wildman–Crippen LogP) is 2.02. The van der Waals surface area contributed by atoms with E-state index in [1.807, 2.05) is 37.3 Å². The Morgan fingerprint density at radius 3 is 2.33 bits per heavy atom. The number of benzene rings is 1. The van der Waals surface area contributed by atoms with Gasteiger partial charge in [0.05, 0.1) is 5.60 Å². The highest BCUT2D eigenvalue weighted by Gasteiger charge is 2.50. The first-order chi connectivity index (χ1) is 7.12. The fourth-order valence-electron chi connectivity index (χ4n) is 2.56. The van der Waals surface area contributed by atoms with Crippen LogP contribution in [0.2, 0.25) is 0 Å². The van der Waals surface area contributed by atoms with Gasteiger partial charge < -0.3 is 10.8 Å². The Labute approximate surface area is 91.1 Å². The lowest BCUT2D eigenvalue weighted by molar-refractivity contribution is -0.116. The molecule has 1 atom stereocenters. The van der Waals surface area contributed by atoms with Gasteiger partial charge in [-0.05, 0) is 25.3 Å². The molecular formula is C13H19NO. The van der Waals surface area contributed by atoms with Crippen molar-refractivity contribution < 1.29 is 5.11 Å². The van der Waals surface area contributed by atoms with Crippen LogP contribution >= 0.6 is 0 Å². The summed E-state index contributed by atoms with van der Waals surface area (Å²) in [6.07, 6.45) is 3.25. The Morgan fingerprint density at radius 2 is 1.93 bits per heavy atom. The molecule has 1 saturated carbocycles. The third-order valence-electron chi connectivity index (χ3n) is 4.07. The van der Waals surface area contributed by atoms with Gasteiger partial charge in [0.15, 0.2) is 0 Å². The molecule has 15 heavy (non-hydrogen) atoms. The van der Waals surface area contributed by atoms with E-state index >= 15 is 0 Å². The van der Waals surface area contributed by atoms with Crippen molar-refractivity contribution in [1.82, 2.24) is 0 Å². The van der Waals surface area contributed by atoms with Crippen molar-refractivity contribution in [3.63, 3.8) is 0 Å². The molecule has 0 saturated heterocycles. The van der Waals surface area contributed by atoms with Gasteiger partial charge in [-0.15, -0.1) is 0 Å². The van der Waals surface area contributed by atoms with E-state index in [0.29, 0.717) is 6.54 Å². The molecule has 1 aliphatic carbocycles. The highest BCUT2D eigenvalue weighted by atomic mass is 16.3. The Kier molecular flexibility index (Phi) is 2.57. The second-order valence-corrected chi connectivity index (χ2v) is 4.78. The van der Waals surface area contributed by atoms with E-state index in [9.17, 15) is 5.11 Å². The van der Waals surface area contributed by atoms with Gasteiger partial charge >= 0.3 is 0 Å². The average Bonchev–Trinajstić information content (AvgIpc) is 2.18. The van der Waals surface area contributed by atoms with Gasteiger partial charge in [0, 0.05) is 12.0 Å². The van der Waals surface area contributed by atoms with E-state index in [-0.39, 0.29) is 5.41 Å². The van der Waals surface area contributed by atoms with E-state index in [4.69, 9.17) is 5.73 Å². The maximum absolute atomic E-state index is 10.7. The first-order valence-electron chi connectivity index (χ1n) is 5.60. The third kappa shape index (κ3) is 1.48. The van der Waals surface area contributed by atoms with Crippen molar-refractivity contribution in [1.29, 1.82) is 0 Å². The Morgan fingerprint density at radius 1 is 1.33 bits per heavy atom. The van der Waals surface area contributed by atoms with Crippen LogP contribution in [-0.2, 0) is 5.60 Å². The Hall–Kier alpha value is -0.860. The van der Waals surface area contributed by atoms with E-state index in [1.165, 1.54) is 6.42 Å². The first kappa shape index (κ1) is 10.7. The van der Waals surface area contributed by atoms with Crippen LogP contribution in [0.25, 0.3) is 0 Å². The van der Waals surface area contributed by atoms with E-state index in [0.717, 1.165) is 18.4 Å². The minimum Gasteiger partial charge on any atom is -0.385 e. The van der Waals surface area contributed by atoms with Gasteiger partial charge in [0.25, 0.3) is 0 Å². The molecule has 0 amide bonds. The average molecular weight is 205 g/mol. The van der Waals surface area contributed by atoms with Crippen LogP contribution in [0.5, 0.6) is 0 Å². The lowest BCUT2D eigenvalue weighted by atomic mass is 9.57. The van der Waals surface area contributed by atoms with Gasteiger partial charge in [0.1, 0.15) is 0 Å². The van der Waals surface area contributed by atoms with Gasteiger partial charge in [-0.3, -0.25) is 0 Å². The smallest absolute Gasteiger partial charge is 0.0936 e. The second kappa shape index (κ2) is 3.62. The first-order valence-corrected chi connectivity index (χ1v) is 5.60. The highest BCUT2D eigenvalue weighted by molar-refractivity contribution is 5.26. The molecule has 0 radical (unpaired) electrons. The molecular weight excluding hydrogens is 186 g/mol. The van der Waals surface area contributed by atoms with Crippen LogP contribution < -0.4 is 5.73 Å². The van der Waals surface area contributed by atoms with E-state index in [2.05, 4.69) is 0 Å². The van der Waals surface area contributed by atoms with E-state index in [1.54, 1.807) is 0 Å². The molecule has 0 aliphatic heterocycles. The van der Waals surface area contributed by atoms with Crippen molar-refractivity contribution in [3.8, 4) is 0 Å². The molecule has 1 unspecified atom stereocenters. The van der Waals surface area contributed by atoms with Crippen molar-refractivity contribution in [2.45, 2.75) is 31.8 Å². The number of hydrogen-bond donors (Lipinski definition) is 2. The molecule has 0 aromatic heterocycles. The molecule has 0 heterocycles. The largest absolute Gasteiger partial charge is 0.385 e. The Bertz CT molecular complexity index is 322. The van der Waals surface area contributed by atoms with Crippen LogP contribution in [0.15, 0.2) is 30.3 Å². The fourth-order valence-corrected chi connectivity index (χ4v) is 2.56. The maximum atomic E-state index is 10.7. The molecule has 2 nitrogen and oxygen atoms in total. The summed E-state index contributed by atoms with van der Waals surface area (Å²) in [4.78, 5) is 0. The lowest BCUT2D eigenvalue weighted by Gasteiger charge is -2.51. The maximum Gasteiger partial charge on any atom is 0.0936 e. The summed E-state index contributed by atoms with van der Waals surface area (Å²) in [5, 5.41) is 10.7. The summed E-state index contributed by atoms with van der Waals surface area (Å²) in [7, 11) is 0. The lowest BCUT2D eigenvalue weighted by Crippen LogP contribution is -2.52. The molecule has 82 valence electrons. The second-order valence-electron chi connectivity index (χ2n) is 4.78. The summed E-state index contributed by atoms with van der Waals surface area (Å²) in [5.74, 6) is 0. The molecule has 1 aromatic carbocycles. The molecule has 1 aliphatic rings. The van der Waals surface area contributed by atoms with Crippen LogP contribution in [0.3, 0.4) is 0 Å². The molecule has 0 spiro atoms. The van der Waals surface area contributed by atoms with Gasteiger partial charge in [-0.25, -0.2) is 0 Å². The van der Waals surface area contributed by atoms with Gasteiger partial charge in [-0.2, -0.15) is 0 Å². The van der Waals surface area contributed by atoms with Gasteiger partial charge in [0.2, 0.25) is 0 Å². The molecule has 1 aromatic rings. The van der Waals surface area contributed by atoms with Crippen LogP contribution in [-0.4, -0.2) is 11.7 Å². The zero-order valence-corrected chi connectivity index (χ0v) is 9.24. The number of rotatable bonds is 3. The molecule has 2 heteroatoms. The summed E-state index contributed by atoms with van der Waals surface area (Å²) >= 11 is 0. The standard InChI is InChI=1S/C13H19NO/c1-12(15,11-6-3-2-4-7-11)13(10-14)8-5-9-13/h2-4,6-7,15H,5,8-10,14H2,1H3. The zero-order chi connectivity index (χ0) is 10.9. The number of hydrogen-bond acceptors (Lipinski definition) is 2. The molecule has 2 rings (SSSR count). The Balaban J connectivity index is 2.34. The minimum absolute atomic E-state index is 0.103.